The highest BCUT2D eigenvalue weighted by atomic mass is 19.1. The van der Waals surface area contributed by atoms with Crippen LogP contribution in [0.4, 0.5) is 4.39 Å². The lowest BCUT2D eigenvalue weighted by atomic mass is 9.85. The number of hydrogen-bond acceptors (Lipinski definition) is 4. The molecule has 1 saturated carbocycles. The zero-order chi connectivity index (χ0) is 22.8. The van der Waals surface area contributed by atoms with Gasteiger partial charge in [-0.1, -0.05) is 54.8 Å². The SMILES string of the molecule is O=C(C1CCCCC1)N1C[C@@H](n2cc(-c3ccc(F)cc3)nn2)[C@@H](O)C[C@@H]1c1ccccc1. The van der Waals surface area contributed by atoms with E-state index in [1.54, 1.807) is 23.0 Å². The van der Waals surface area contributed by atoms with Crippen LogP contribution in [0.25, 0.3) is 11.3 Å². The predicted octanol–water partition coefficient (Wildman–Crippen LogP) is 4.54. The van der Waals surface area contributed by atoms with E-state index < -0.39 is 6.10 Å². The highest BCUT2D eigenvalue weighted by molar-refractivity contribution is 5.79. The van der Waals surface area contributed by atoms with E-state index in [0.29, 0.717) is 18.7 Å². The number of halogens is 1. The highest BCUT2D eigenvalue weighted by Crippen LogP contribution is 2.38. The fourth-order valence-corrected chi connectivity index (χ4v) is 5.23. The van der Waals surface area contributed by atoms with Crippen LogP contribution in [0.15, 0.2) is 60.8 Å². The van der Waals surface area contributed by atoms with Crippen molar-refractivity contribution >= 4 is 5.91 Å². The Labute approximate surface area is 193 Å². The average Bonchev–Trinajstić information content (AvgIpc) is 3.35. The van der Waals surface area contributed by atoms with Crippen molar-refractivity contribution < 1.29 is 14.3 Å². The van der Waals surface area contributed by atoms with Crippen LogP contribution in [0, 0.1) is 11.7 Å². The van der Waals surface area contributed by atoms with E-state index >= 15 is 0 Å². The van der Waals surface area contributed by atoms with E-state index in [0.717, 1.165) is 36.8 Å². The van der Waals surface area contributed by atoms with E-state index in [1.165, 1.54) is 18.6 Å². The largest absolute Gasteiger partial charge is 0.391 e. The van der Waals surface area contributed by atoms with Crippen molar-refractivity contribution in [3.05, 3.63) is 72.2 Å². The Morgan fingerprint density at radius 1 is 1.00 bits per heavy atom. The second-order valence-electron chi connectivity index (χ2n) is 9.21. The number of carbonyl (C=O) groups is 1. The highest BCUT2D eigenvalue weighted by Gasteiger charge is 2.41. The summed E-state index contributed by atoms with van der Waals surface area (Å²) in [4.78, 5) is 15.6. The molecule has 0 radical (unpaired) electrons. The number of piperidine rings is 1. The summed E-state index contributed by atoms with van der Waals surface area (Å²) in [7, 11) is 0. The Bertz CT molecular complexity index is 1080. The fraction of sp³-hybridized carbons (Fsp3) is 0.423. The Morgan fingerprint density at radius 2 is 1.73 bits per heavy atom. The van der Waals surface area contributed by atoms with Gasteiger partial charge in [0.2, 0.25) is 5.91 Å². The molecule has 7 heteroatoms. The third-order valence-electron chi connectivity index (χ3n) is 7.08. The second-order valence-corrected chi connectivity index (χ2v) is 9.21. The minimum atomic E-state index is -0.673. The maximum Gasteiger partial charge on any atom is 0.226 e. The number of aliphatic hydroxyl groups is 1. The normalized spacial score (nSPS) is 24.1. The van der Waals surface area contributed by atoms with Gasteiger partial charge in [0.25, 0.3) is 0 Å². The molecule has 5 rings (SSSR count). The molecule has 1 saturated heterocycles. The van der Waals surface area contributed by atoms with Gasteiger partial charge in [0, 0.05) is 24.4 Å². The Morgan fingerprint density at radius 3 is 2.45 bits per heavy atom. The number of amides is 1. The molecule has 2 fully saturated rings. The molecule has 33 heavy (non-hydrogen) atoms. The van der Waals surface area contributed by atoms with Crippen LogP contribution in [-0.4, -0.2) is 43.6 Å². The molecule has 0 unspecified atom stereocenters. The van der Waals surface area contributed by atoms with Crippen LogP contribution in [0.2, 0.25) is 0 Å². The van der Waals surface area contributed by atoms with Gasteiger partial charge in [0.15, 0.2) is 0 Å². The number of nitrogens with zero attached hydrogens (tertiary/aromatic N) is 4. The van der Waals surface area contributed by atoms with Crippen molar-refractivity contribution in [1.82, 2.24) is 19.9 Å². The summed E-state index contributed by atoms with van der Waals surface area (Å²) in [6.07, 6.45) is 6.79. The minimum absolute atomic E-state index is 0.0476. The van der Waals surface area contributed by atoms with E-state index in [4.69, 9.17) is 0 Å². The number of aliphatic hydroxyl groups excluding tert-OH is 1. The smallest absolute Gasteiger partial charge is 0.226 e. The molecule has 2 aliphatic rings. The lowest BCUT2D eigenvalue weighted by Gasteiger charge is -2.44. The molecule has 1 aromatic heterocycles. The summed E-state index contributed by atoms with van der Waals surface area (Å²) >= 11 is 0. The van der Waals surface area contributed by atoms with Gasteiger partial charge < -0.3 is 10.0 Å². The van der Waals surface area contributed by atoms with Gasteiger partial charge >= 0.3 is 0 Å². The first-order chi connectivity index (χ1) is 16.1. The van der Waals surface area contributed by atoms with Crippen molar-refractivity contribution in [3.8, 4) is 11.3 Å². The predicted molar refractivity (Wildman–Crippen MR) is 123 cm³/mol. The molecule has 2 aromatic carbocycles. The Kier molecular flexibility index (Phi) is 6.22. The molecule has 172 valence electrons. The van der Waals surface area contributed by atoms with E-state index in [1.807, 2.05) is 35.2 Å². The van der Waals surface area contributed by atoms with Crippen molar-refractivity contribution in [2.75, 3.05) is 6.54 Å². The molecule has 0 bridgehead atoms. The zero-order valence-corrected chi connectivity index (χ0v) is 18.6. The third-order valence-corrected chi connectivity index (χ3v) is 7.08. The van der Waals surface area contributed by atoms with E-state index in [9.17, 15) is 14.3 Å². The Hall–Kier alpha value is -3.06. The maximum atomic E-state index is 13.6. The molecule has 3 atom stereocenters. The van der Waals surface area contributed by atoms with Crippen molar-refractivity contribution in [2.45, 2.75) is 56.7 Å². The lowest BCUT2D eigenvalue weighted by Crippen LogP contribution is -2.50. The molecule has 3 aromatic rings. The van der Waals surface area contributed by atoms with Crippen molar-refractivity contribution in [1.29, 1.82) is 0 Å². The first kappa shape index (κ1) is 21.8. The van der Waals surface area contributed by atoms with Crippen LogP contribution in [0.1, 0.15) is 56.2 Å². The fourth-order valence-electron chi connectivity index (χ4n) is 5.23. The van der Waals surface area contributed by atoms with Gasteiger partial charge in [-0.2, -0.15) is 0 Å². The third kappa shape index (κ3) is 4.55. The summed E-state index contributed by atoms with van der Waals surface area (Å²) in [5.41, 5.74) is 2.41. The van der Waals surface area contributed by atoms with Crippen LogP contribution in [0.5, 0.6) is 0 Å². The number of rotatable bonds is 4. The van der Waals surface area contributed by atoms with E-state index in [-0.39, 0.29) is 29.7 Å². The van der Waals surface area contributed by atoms with Crippen molar-refractivity contribution in [3.63, 3.8) is 0 Å². The first-order valence-electron chi connectivity index (χ1n) is 11.8. The number of hydrogen-bond donors (Lipinski definition) is 1. The number of benzene rings is 2. The summed E-state index contributed by atoms with van der Waals surface area (Å²) in [6.45, 7) is 0.377. The van der Waals surface area contributed by atoms with Gasteiger partial charge in [-0.25, -0.2) is 9.07 Å². The molecule has 6 nitrogen and oxygen atoms in total. The number of likely N-dealkylation sites (tertiary alicyclic amines) is 1. The summed E-state index contributed by atoms with van der Waals surface area (Å²) in [5, 5.41) is 19.6. The zero-order valence-electron chi connectivity index (χ0n) is 18.6. The Balaban J connectivity index is 1.43. The number of carbonyl (C=O) groups excluding carboxylic acids is 1. The standard InChI is InChI=1S/C26H29FN4O2/c27-21-13-11-18(12-14-21)22-16-31(29-28-22)24-17-30(26(33)20-9-5-2-6-10-20)23(15-25(24)32)19-7-3-1-4-8-19/h1,3-4,7-8,11-14,16,20,23-25,32H,2,5-6,9-10,15,17H2/t23-,24-,25+/m1/s1. The van der Waals surface area contributed by atoms with Gasteiger partial charge in [-0.15, -0.1) is 5.10 Å². The van der Waals surface area contributed by atoms with Crippen LogP contribution >= 0.6 is 0 Å². The van der Waals surface area contributed by atoms with Crippen LogP contribution in [0.3, 0.4) is 0 Å². The van der Waals surface area contributed by atoms with Crippen LogP contribution in [-0.2, 0) is 4.79 Å². The molecule has 1 N–H and O–H groups in total. The summed E-state index contributed by atoms with van der Waals surface area (Å²) < 4.78 is 14.9. The van der Waals surface area contributed by atoms with Gasteiger partial charge in [-0.05, 0) is 42.7 Å². The average molecular weight is 449 g/mol. The second kappa shape index (κ2) is 9.43. The molecule has 1 aliphatic carbocycles. The molecule has 1 aliphatic heterocycles. The van der Waals surface area contributed by atoms with Crippen LogP contribution < -0.4 is 0 Å². The molecular weight excluding hydrogens is 419 g/mol. The van der Waals surface area contributed by atoms with Crippen molar-refractivity contribution in [2.24, 2.45) is 5.92 Å². The molecule has 0 spiro atoms. The minimum Gasteiger partial charge on any atom is -0.391 e. The topological polar surface area (TPSA) is 71.2 Å². The summed E-state index contributed by atoms with van der Waals surface area (Å²) in [5.74, 6) is -0.0802. The quantitative estimate of drug-likeness (QED) is 0.636. The molecule has 1 amide bonds. The molecular formula is C26H29FN4O2. The van der Waals surface area contributed by atoms with Gasteiger partial charge in [0.05, 0.1) is 24.4 Å². The lowest BCUT2D eigenvalue weighted by molar-refractivity contribution is -0.144. The summed E-state index contributed by atoms with van der Waals surface area (Å²) in [6, 6.07) is 15.5. The monoisotopic (exact) mass is 448 g/mol. The number of aromatic nitrogens is 3. The van der Waals surface area contributed by atoms with E-state index in [2.05, 4.69) is 10.3 Å². The first-order valence-corrected chi connectivity index (χ1v) is 11.8. The van der Waals surface area contributed by atoms with Gasteiger partial charge in [-0.3, -0.25) is 4.79 Å². The maximum absolute atomic E-state index is 13.6. The molecule has 2 heterocycles. The van der Waals surface area contributed by atoms with Gasteiger partial charge in [0.1, 0.15) is 11.5 Å².